The molecule has 1 aromatic rings. The molecule has 7 heteroatoms. The Morgan fingerprint density at radius 1 is 1.50 bits per heavy atom. The van der Waals surface area contributed by atoms with E-state index in [1.165, 1.54) is 12.1 Å². The second kappa shape index (κ2) is 5.34. The second-order valence-corrected chi connectivity index (χ2v) is 4.97. The summed E-state index contributed by atoms with van der Waals surface area (Å²) < 4.78 is 0.566. The molecule has 1 aliphatic carbocycles. The molecule has 0 radical (unpaired) electrons. The van der Waals surface area contributed by atoms with E-state index in [0.717, 1.165) is 12.8 Å². The smallest absolute Gasteiger partial charge is 0.270 e. The number of nitro benzene ring substituents is 1. The first kappa shape index (κ1) is 12.8. The fraction of sp³-hybridized carbons (Fsp3) is 0.364. The van der Waals surface area contributed by atoms with E-state index in [2.05, 4.69) is 26.6 Å². The standard InChI is InChI=1S/C11H12BrN3O3/c12-9-5-8(15(17)18)3-4-10(9)13-6-11(16)14-7-1-2-7/h3-5,7,13H,1-2,6H2,(H,14,16). The molecule has 0 bridgehead atoms. The monoisotopic (exact) mass is 313 g/mol. The van der Waals surface area contributed by atoms with E-state index >= 15 is 0 Å². The van der Waals surface area contributed by atoms with Crippen LogP contribution in [0.5, 0.6) is 0 Å². The summed E-state index contributed by atoms with van der Waals surface area (Å²) in [5.41, 5.74) is 0.668. The van der Waals surface area contributed by atoms with Gasteiger partial charge in [-0.1, -0.05) is 0 Å². The number of non-ortho nitro benzene ring substituents is 1. The van der Waals surface area contributed by atoms with Gasteiger partial charge in [-0.2, -0.15) is 0 Å². The lowest BCUT2D eigenvalue weighted by atomic mass is 10.3. The van der Waals surface area contributed by atoms with Gasteiger partial charge in [-0.3, -0.25) is 14.9 Å². The molecule has 0 spiro atoms. The Morgan fingerprint density at radius 3 is 2.78 bits per heavy atom. The fourth-order valence-corrected chi connectivity index (χ4v) is 1.95. The fourth-order valence-electron chi connectivity index (χ4n) is 1.44. The summed E-state index contributed by atoms with van der Waals surface area (Å²) in [5, 5.41) is 16.3. The van der Waals surface area contributed by atoms with Crippen LogP contribution in [0.15, 0.2) is 22.7 Å². The Bertz CT molecular complexity index is 488. The van der Waals surface area contributed by atoms with Crippen LogP contribution < -0.4 is 10.6 Å². The van der Waals surface area contributed by atoms with Crippen LogP contribution in [0.2, 0.25) is 0 Å². The van der Waals surface area contributed by atoms with Gasteiger partial charge in [-0.25, -0.2) is 0 Å². The maximum Gasteiger partial charge on any atom is 0.270 e. The van der Waals surface area contributed by atoms with Crippen molar-refractivity contribution in [2.45, 2.75) is 18.9 Å². The van der Waals surface area contributed by atoms with Gasteiger partial charge in [0.05, 0.1) is 11.5 Å². The van der Waals surface area contributed by atoms with Gasteiger partial charge >= 0.3 is 0 Å². The number of hydrogen-bond acceptors (Lipinski definition) is 4. The van der Waals surface area contributed by atoms with E-state index in [1.54, 1.807) is 6.07 Å². The molecule has 2 rings (SSSR count). The quantitative estimate of drug-likeness (QED) is 0.643. The van der Waals surface area contributed by atoms with Crippen molar-refractivity contribution < 1.29 is 9.72 Å². The Hall–Kier alpha value is -1.63. The zero-order valence-electron chi connectivity index (χ0n) is 9.48. The van der Waals surface area contributed by atoms with E-state index in [9.17, 15) is 14.9 Å². The van der Waals surface area contributed by atoms with Crippen molar-refractivity contribution in [2.24, 2.45) is 0 Å². The Labute approximate surface area is 112 Å². The molecule has 1 amide bonds. The summed E-state index contributed by atoms with van der Waals surface area (Å²) in [6, 6.07) is 4.71. The lowest BCUT2D eigenvalue weighted by Crippen LogP contribution is -2.31. The summed E-state index contributed by atoms with van der Waals surface area (Å²) in [5.74, 6) is -0.0669. The third-order valence-corrected chi connectivity index (χ3v) is 3.20. The van der Waals surface area contributed by atoms with Crippen LogP contribution in [0.1, 0.15) is 12.8 Å². The number of carbonyl (C=O) groups is 1. The number of amides is 1. The first-order chi connectivity index (χ1) is 8.56. The third kappa shape index (κ3) is 3.43. The van der Waals surface area contributed by atoms with E-state index < -0.39 is 4.92 Å². The van der Waals surface area contributed by atoms with Gasteiger partial charge in [0.25, 0.3) is 5.69 Å². The first-order valence-electron chi connectivity index (χ1n) is 5.53. The topological polar surface area (TPSA) is 84.3 Å². The molecule has 1 saturated carbocycles. The molecule has 0 atom stereocenters. The Morgan fingerprint density at radius 2 is 2.22 bits per heavy atom. The molecule has 0 saturated heterocycles. The van der Waals surface area contributed by atoms with Crippen LogP contribution in [-0.4, -0.2) is 23.4 Å². The lowest BCUT2D eigenvalue weighted by molar-refractivity contribution is -0.384. The average molecular weight is 314 g/mol. The van der Waals surface area contributed by atoms with Crippen LogP contribution in [-0.2, 0) is 4.79 Å². The molecule has 1 aliphatic rings. The molecular formula is C11H12BrN3O3. The average Bonchev–Trinajstić information content (AvgIpc) is 3.11. The normalized spacial score (nSPS) is 14.1. The van der Waals surface area contributed by atoms with Crippen LogP contribution in [0.25, 0.3) is 0 Å². The minimum absolute atomic E-state index is 0.00913. The number of hydrogen-bond donors (Lipinski definition) is 2. The molecule has 2 N–H and O–H groups in total. The summed E-state index contributed by atoms with van der Waals surface area (Å²) in [4.78, 5) is 21.6. The van der Waals surface area contributed by atoms with Crippen molar-refractivity contribution in [3.63, 3.8) is 0 Å². The van der Waals surface area contributed by atoms with Crippen molar-refractivity contribution in [3.8, 4) is 0 Å². The number of benzene rings is 1. The van der Waals surface area contributed by atoms with Gasteiger partial charge in [0.15, 0.2) is 0 Å². The molecule has 0 aromatic heterocycles. The van der Waals surface area contributed by atoms with Crippen LogP contribution in [0.4, 0.5) is 11.4 Å². The molecule has 0 unspecified atom stereocenters. The second-order valence-electron chi connectivity index (χ2n) is 4.12. The van der Waals surface area contributed by atoms with Gasteiger partial charge < -0.3 is 10.6 Å². The van der Waals surface area contributed by atoms with Crippen LogP contribution in [0.3, 0.4) is 0 Å². The molecule has 0 aliphatic heterocycles. The molecule has 1 fully saturated rings. The van der Waals surface area contributed by atoms with Crippen LogP contribution in [0, 0.1) is 10.1 Å². The summed E-state index contributed by atoms with van der Waals surface area (Å²) in [6.07, 6.45) is 2.10. The zero-order chi connectivity index (χ0) is 13.1. The number of nitro groups is 1. The number of halogens is 1. The highest BCUT2D eigenvalue weighted by atomic mass is 79.9. The van der Waals surface area contributed by atoms with Crippen LogP contribution >= 0.6 is 15.9 Å². The van der Waals surface area contributed by atoms with Gasteiger partial charge in [0, 0.05) is 28.3 Å². The molecule has 96 valence electrons. The number of nitrogens with one attached hydrogen (secondary N) is 2. The number of nitrogens with zero attached hydrogens (tertiary/aromatic N) is 1. The predicted octanol–water partition coefficient (Wildman–Crippen LogP) is 2.05. The van der Waals surface area contributed by atoms with E-state index in [1.807, 2.05) is 0 Å². The maximum absolute atomic E-state index is 11.5. The summed E-state index contributed by atoms with van der Waals surface area (Å²) >= 11 is 3.23. The number of carbonyl (C=O) groups excluding carboxylic acids is 1. The molecule has 1 aromatic carbocycles. The van der Waals surface area contributed by atoms with Crippen molar-refractivity contribution in [1.82, 2.24) is 5.32 Å². The van der Waals surface area contributed by atoms with Gasteiger partial charge in [-0.05, 0) is 34.8 Å². The summed E-state index contributed by atoms with van der Waals surface area (Å²) in [7, 11) is 0. The zero-order valence-corrected chi connectivity index (χ0v) is 11.1. The largest absolute Gasteiger partial charge is 0.375 e. The van der Waals surface area contributed by atoms with Gasteiger partial charge in [0.1, 0.15) is 0 Å². The maximum atomic E-state index is 11.5. The molecule has 6 nitrogen and oxygen atoms in total. The first-order valence-corrected chi connectivity index (χ1v) is 6.33. The van der Waals surface area contributed by atoms with E-state index in [-0.39, 0.29) is 18.1 Å². The predicted molar refractivity (Wildman–Crippen MR) is 70.5 cm³/mol. The minimum Gasteiger partial charge on any atom is -0.375 e. The third-order valence-electron chi connectivity index (χ3n) is 2.55. The minimum atomic E-state index is -0.464. The summed E-state index contributed by atoms with van der Waals surface area (Å²) in [6.45, 7) is 0.160. The SMILES string of the molecule is O=C(CNc1ccc([N+](=O)[O-])cc1Br)NC1CC1. The molecule has 0 heterocycles. The number of anilines is 1. The van der Waals surface area contributed by atoms with Gasteiger partial charge in [-0.15, -0.1) is 0 Å². The lowest BCUT2D eigenvalue weighted by Gasteiger charge is -2.08. The molecule has 18 heavy (non-hydrogen) atoms. The van der Waals surface area contributed by atoms with Crippen molar-refractivity contribution in [1.29, 1.82) is 0 Å². The van der Waals surface area contributed by atoms with E-state index in [0.29, 0.717) is 16.2 Å². The Balaban J connectivity index is 1.92. The Kier molecular flexibility index (Phi) is 3.81. The number of rotatable bonds is 5. The van der Waals surface area contributed by atoms with Gasteiger partial charge in [0.2, 0.25) is 5.91 Å². The van der Waals surface area contributed by atoms with Crippen molar-refractivity contribution in [3.05, 3.63) is 32.8 Å². The highest BCUT2D eigenvalue weighted by Gasteiger charge is 2.22. The van der Waals surface area contributed by atoms with E-state index in [4.69, 9.17) is 0 Å². The molecular weight excluding hydrogens is 302 g/mol. The highest BCUT2D eigenvalue weighted by Crippen LogP contribution is 2.26. The van der Waals surface area contributed by atoms with Crippen molar-refractivity contribution >= 4 is 33.2 Å². The van der Waals surface area contributed by atoms with Crippen molar-refractivity contribution in [2.75, 3.05) is 11.9 Å². The highest BCUT2D eigenvalue weighted by molar-refractivity contribution is 9.10.